The zero-order valence-electron chi connectivity index (χ0n) is 78.9. The van der Waals surface area contributed by atoms with Crippen LogP contribution in [0.4, 0.5) is 0 Å². The number of alkyl halides is 4. The summed E-state index contributed by atoms with van der Waals surface area (Å²) in [4.78, 5) is 9.04. The lowest BCUT2D eigenvalue weighted by Crippen LogP contribution is -2.42. The van der Waals surface area contributed by atoms with E-state index in [0.717, 1.165) is 162 Å². The fourth-order valence-electron chi connectivity index (χ4n) is 15.0. The van der Waals surface area contributed by atoms with Gasteiger partial charge in [0.1, 0.15) is 96.8 Å². The highest BCUT2D eigenvalue weighted by Crippen LogP contribution is 2.41. The van der Waals surface area contributed by atoms with E-state index in [0.29, 0.717) is 113 Å². The number of hydrogen-bond acceptors (Lipinski definition) is 20. The van der Waals surface area contributed by atoms with Crippen molar-refractivity contribution in [2.75, 3.05) is 204 Å². The van der Waals surface area contributed by atoms with Gasteiger partial charge in [0.15, 0.2) is 0 Å². The summed E-state index contributed by atoms with van der Waals surface area (Å²) in [5.41, 5.74) is 9.06. The molecule has 18 nitrogen and oxygen atoms in total. The molecular formula is C104H140Cl4I4N4O14S2. The van der Waals surface area contributed by atoms with E-state index in [1.807, 2.05) is 84.2 Å². The molecule has 8 aromatic carbocycles. The number of hydrogen-bond donors (Lipinski definition) is 4. The lowest BCUT2D eigenvalue weighted by molar-refractivity contribution is 0.00452. The van der Waals surface area contributed by atoms with Crippen LogP contribution >= 0.6 is 160 Å². The number of ether oxygens (including phenoxy) is 10. The number of thioether (sulfide) groups is 2. The molecule has 2 unspecified atom stereocenters. The fourth-order valence-corrected chi connectivity index (χ4v) is 20.0. The number of nitrogens with zero attached hydrogens (tertiary/aromatic N) is 4. The SMILES string of the molecule is CC(CCl)COc1ccc(C(C)(C)c2ccc(OCC(O)CN3CCOCC3)cc2)cc1[123I].C[C@@H](CCl)COc1ccc(C(C)(C)c2ccc(OC[C@@H](O)CN3CCSCC3)cc2)cc1[123I].C[C@H](CCl)COc1ccc(C(C)(C)c2ccc(OC[C@@H](O)CN3CCOCC3)cc2)cc1[123I].C[C@H](CCl)COc1ccc(C(C)(C)c2ccc(OC[C@H](O)CN3CCSCC3)cc2)cc1[123I]. The first kappa shape index (κ1) is 112. The zero-order valence-corrected chi connectivity index (χ0v) is 92.2. The lowest BCUT2D eigenvalue weighted by Gasteiger charge is -2.28. The molecule has 8 atom stereocenters. The molecule has 132 heavy (non-hydrogen) atoms. The van der Waals surface area contributed by atoms with Crippen LogP contribution in [0.15, 0.2) is 170 Å². The van der Waals surface area contributed by atoms with Crippen LogP contribution in [0.5, 0.6) is 46.0 Å². The van der Waals surface area contributed by atoms with Gasteiger partial charge in [-0.1, -0.05) is 156 Å². The molecule has 0 saturated carbocycles. The minimum atomic E-state index is -0.519. The summed E-state index contributed by atoms with van der Waals surface area (Å²) in [6, 6.07) is 58.3. The van der Waals surface area contributed by atoms with Crippen molar-refractivity contribution in [2.45, 2.75) is 129 Å². The van der Waals surface area contributed by atoms with Crippen molar-refractivity contribution in [2.24, 2.45) is 23.7 Å². The van der Waals surface area contributed by atoms with Crippen LogP contribution in [-0.2, 0) is 31.1 Å². The van der Waals surface area contributed by atoms with E-state index in [4.69, 9.17) is 93.8 Å². The van der Waals surface area contributed by atoms with E-state index in [1.165, 1.54) is 44.5 Å². The lowest BCUT2D eigenvalue weighted by atomic mass is 9.78. The zero-order chi connectivity index (χ0) is 95.4. The largest absolute Gasteiger partial charge is 0.492 e. The second-order valence-corrected chi connectivity index (χ2v) is 45.3. The van der Waals surface area contributed by atoms with Crippen molar-refractivity contribution < 1.29 is 67.8 Å². The van der Waals surface area contributed by atoms with Gasteiger partial charge < -0.3 is 67.8 Å². The number of morpholine rings is 2. The quantitative estimate of drug-likeness (QED) is 0.0208. The third-order valence-electron chi connectivity index (χ3n) is 24.1. The molecule has 28 heteroatoms. The Labute approximate surface area is 870 Å². The van der Waals surface area contributed by atoms with Crippen molar-refractivity contribution in [3.63, 3.8) is 0 Å². The van der Waals surface area contributed by atoms with E-state index in [2.05, 4.69) is 302 Å². The Balaban J connectivity index is 0.000000198. The Bertz CT molecular complexity index is 4070. The summed E-state index contributed by atoms with van der Waals surface area (Å²) in [6.07, 6.45) is -1.98. The topological polar surface area (TPSA) is 186 Å². The molecule has 4 aliphatic rings. The van der Waals surface area contributed by atoms with Gasteiger partial charge in [0, 0.05) is 170 Å². The Morgan fingerprint density at radius 2 is 0.477 bits per heavy atom. The maximum Gasteiger partial charge on any atom is 0.132 e. The van der Waals surface area contributed by atoms with Crippen LogP contribution in [0, 0.1) is 38.0 Å². The highest BCUT2D eigenvalue weighted by molar-refractivity contribution is 14.1. The number of rotatable bonds is 44. The molecule has 0 bridgehead atoms. The highest BCUT2D eigenvalue weighted by Gasteiger charge is 2.31. The normalized spacial score (nSPS) is 16.9. The smallest absolute Gasteiger partial charge is 0.132 e. The van der Waals surface area contributed by atoms with E-state index in [-0.39, 0.29) is 34.9 Å². The van der Waals surface area contributed by atoms with Crippen molar-refractivity contribution in [3.05, 3.63) is 229 Å². The van der Waals surface area contributed by atoms with E-state index in [9.17, 15) is 20.4 Å². The van der Waals surface area contributed by atoms with Crippen LogP contribution in [0.2, 0.25) is 0 Å². The Kier molecular flexibility index (Phi) is 48.8. The molecule has 0 aromatic heterocycles. The van der Waals surface area contributed by atoms with Crippen LogP contribution < -0.4 is 37.9 Å². The Morgan fingerprint density at radius 1 is 0.288 bits per heavy atom. The van der Waals surface area contributed by atoms with E-state index in [1.54, 1.807) is 0 Å². The molecule has 8 aromatic rings. The highest BCUT2D eigenvalue weighted by atomic mass is 123. The third-order valence-corrected chi connectivity index (χ3v) is 31.5. The molecule has 0 amide bonds. The van der Waals surface area contributed by atoms with Gasteiger partial charge in [-0.3, -0.25) is 19.6 Å². The third kappa shape index (κ3) is 36.9. The molecule has 728 valence electrons. The van der Waals surface area contributed by atoms with Gasteiger partial charge in [-0.05, 0) is 232 Å². The number of aliphatic hydroxyl groups excluding tert-OH is 4. The molecule has 0 radical (unpaired) electrons. The van der Waals surface area contributed by atoms with Crippen LogP contribution in [-0.4, -0.2) is 269 Å². The van der Waals surface area contributed by atoms with E-state index >= 15 is 0 Å². The molecule has 4 aliphatic heterocycles. The average Bonchev–Trinajstić information content (AvgIpc) is 0.807. The molecule has 4 saturated heterocycles. The van der Waals surface area contributed by atoms with Crippen molar-refractivity contribution in [1.29, 1.82) is 0 Å². The van der Waals surface area contributed by atoms with Gasteiger partial charge in [-0.25, -0.2) is 0 Å². The molecular weight excluding hydrogens is 2230 g/mol. The molecule has 0 aliphatic carbocycles. The van der Waals surface area contributed by atoms with Crippen molar-refractivity contribution >= 4 is 160 Å². The van der Waals surface area contributed by atoms with E-state index < -0.39 is 24.4 Å². The number of β-amino-alcohol motifs (C(OH)–C–C–N with tert-alkyl or cyclic N) is 4. The predicted octanol–water partition coefficient (Wildman–Crippen LogP) is 21.2. The number of benzene rings is 8. The molecule has 4 fully saturated rings. The predicted molar refractivity (Wildman–Crippen MR) is 580 cm³/mol. The average molecular weight is 2370 g/mol. The van der Waals surface area contributed by atoms with Crippen LogP contribution in [0.1, 0.15) is 128 Å². The molecule has 12 rings (SSSR count). The Hall–Kier alpha value is -3.46. The summed E-state index contributed by atoms with van der Waals surface area (Å²) in [6.45, 7) is 42.9. The second-order valence-electron chi connectivity index (χ2n) is 37.0. The van der Waals surface area contributed by atoms with Gasteiger partial charge in [0.05, 0.1) is 67.1 Å². The first-order valence-electron chi connectivity index (χ1n) is 46.0. The minimum absolute atomic E-state index is 0.161. The van der Waals surface area contributed by atoms with Crippen LogP contribution in [0.25, 0.3) is 0 Å². The summed E-state index contributed by atoms with van der Waals surface area (Å²) in [5.74, 6) is 14.9. The van der Waals surface area contributed by atoms with Crippen molar-refractivity contribution in [1.82, 2.24) is 19.6 Å². The molecule has 4 N–H and O–H groups in total. The van der Waals surface area contributed by atoms with Crippen molar-refractivity contribution in [3.8, 4) is 46.0 Å². The van der Waals surface area contributed by atoms with Gasteiger partial charge in [-0.15, -0.1) is 46.4 Å². The maximum atomic E-state index is 10.3. The molecule has 4 heterocycles. The van der Waals surface area contributed by atoms with Gasteiger partial charge in [0.25, 0.3) is 0 Å². The summed E-state index contributed by atoms with van der Waals surface area (Å²) >= 11 is 36.9. The maximum absolute atomic E-state index is 10.3. The monoisotopic (exact) mass is 2360 g/mol. The summed E-state index contributed by atoms with van der Waals surface area (Å²) < 4.78 is 62.2. The summed E-state index contributed by atoms with van der Waals surface area (Å²) in [5, 5.41) is 41.3. The molecule has 0 spiro atoms. The number of aliphatic hydroxyl groups is 4. The van der Waals surface area contributed by atoms with Gasteiger partial charge >= 0.3 is 0 Å². The van der Waals surface area contributed by atoms with Crippen LogP contribution in [0.3, 0.4) is 0 Å². The van der Waals surface area contributed by atoms with Gasteiger partial charge in [-0.2, -0.15) is 23.5 Å². The number of halogens is 8. The standard InChI is InChI=1S/2C26H35ClINO4.2C26H35ClINO3S/c2*1-19(15-27)17-33-25-9-6-21(14-24(25)28)26(2,3)20-4-7-23(8-5-20)32-18-22(30)16-29-10-12-31-13-11-29;2*1-19(15-27)17-32-25-9-6-21(14-24(25)28)26(2,3)20-4-7-23(8-5-20)31-18-22(30)16-29-10-12-33-13-11-29/h4*4-9,14,19,22,30H,10-13,15-18H2,1-3H3/t19-,22+;;2*19-,22-/m1.10/s1/i4*28-4. The minimum Gasteiger partial charge on any atom is -0.492 e. The Morgan fingerprint density at radius 3 is 0.667 bits per heavy atom. The summed E-state index contributed by atoms with van der Waals surface area (Å²) in [7, 11) is 0. The second kappa shape index (κ2) is 57.5. The van der Waals surface area contributed by atoms with Gasteiger partial charge in [0.2, 0.25) is 0 Å². The first-order valence-corrected chi connectivity index (χ1v) is 54.7. The first-order chi connectivity index (χ1) is 63.2. The fraction of sp³-hybridized carbons (Fsp3) is 0.538.